The molecule has 0 spiro atoms. The number of ether oxygens (including phenoxy) is 1. The van der Waals surface area contributed by atoms with Gasteiger partial charge >= 0.3 is 0 Å². The molecule has 2 aromatic rings. The average Bonchev–Trinajstić information content (AvgIpc) is 3.28. The maximum atomic E-state index is 12.4. The molecule has 1 aliphatic heterocycles. The molecule has 0 bridgehead atoms. The normalized spacial score (nSPS) is 16.8. The monoisotopic (exact) mass is 371 g/mol. The van der Waals surface area contributed by atoms with Gasteiger partial charge in [0, 0.05) is 37.9 Å². The number of carbonyl (C=O) groups is 2. The van der Waals surface area contributed by atoms with Gasteiger partial charge in [0.2, 0.25) is 11.8 Å². The molecule has 2 amide bonds. The van der Waals surface area contributed by atoms with E-state index in [1.165, 1.54) is 0 Å². The van der Waals surface area contributed by atoms with Gasteiger partial charge in [0.1, 0.15) is 5.75 Å². The molecule has 27 heavy (non-hydrogen) atoms. The minimum atomic E-state index is -0.324. The molecular weight excluding hydrogens is 346 g/mol. The topological polar surface area (TPSA) is 89.3 Å². The highest BCUT2D eigenvalue weighted by atomic mass is 16.5. The number of nitrogens with one attached hydrogen (secondary N) is 1. The van der Waals surface area contributed by atoms with Crippen LogP contribution in [0.4, 0.5) is 5.69 Å². The van der Waals surface area contributed by atoms with Crippen molar-refractivity contribution in [1.29, 1.82) is 0 Å². The number of rotatable bonds is 8. The second-order valence-electron chi connectivity index (χ2n) is 6.88. The van der Waals surface area contributed by atoms with Gasteiger partial charge < -0.3 is 15.0 Å². The molecule has 0 aliphatic carbocycles. The van der Waals surface area contributed by atoms with Crippen LogP contribution in [0.15, 0.2) is 36.7 Å². The van der Waals surface area contributed by atoms with Crippen LogP contribution in [-0.2, 0) is 16.1 Å². The number of hydrogen-bond acceptors (Lipinski definition) is 5. The van der Waals surface area contributed by atoms with Gasteiger partial charge in [-0.25, -0.2) is 0 Å². The van der Waals surface area contributed by atoms with Crippen LogP contribution in [-0.4, -0.2) is 46.0 Å². The minimum absolute atomic E-state index is 0.0321. The van der Waals surface area contributed by atoms with E-state index in [1.54, 1.807) is 22.0 Å². The van der Waals surface area contributed by atoms with Gasteiger partial charge in [0.15, 0.2) is 0 Å². The SMILES string of the molecule is CC(C)Oc1ccc(N2CC(C(=O)NCCCn3ccnn3)CC2=O)cc1. The third-order valence-corrected chi connectivity index (χ3v) is 4.35. The summed E-state index contributed by atoms with van der Waals surface area (Å²) in [5, 5.41) is 10.5. The maximum Gasteiger partial charge on any atom is 0.227 e. The molecule has 1 saturated heterocycles. The smallest absolute Gasteiger partial charge is 0.227 e. The largest absolute Gasteiger partial charge is 0.491 e. The lowest BCUT2D eigenvalue weighted by molar-refractivity contribution is -0.126. The second kappa shape index (κ2) is 8.66. The predicted molar refractivity (Wildman–Crippen MR) is 100 cm³/mol. The summed E-state index contributed by atoms with van der Waals surface area (Å²) in [5.41, 5.74) is 0.789. The Morgan fingerprint density at radius 2 is 2.11 bits per heavy atom. The summed E-state index contributed by atoms with van der Waals surface area (Å²) in [6.45, 7) is 5.57. The molecule has 8 heteroatoms. The molecule has 1 N–H and O–H groups in total. The molecule has 0 saturated carbocycles. The highest BCUT2D eigenvalue weighted by molar-refractivity contribution is 6.00. The Hall–Kier alpha value is -2.90. The van der Waals surface area contributed by atoms with Gasteiger partial charge in [-0.15, -0.1) is 5.10 Å². The molecular formula is C19H25N5O3. The Morgan fingerprint density at radius 1 is 1.33 bits per heavy atom. The van der Waals surface area contributed by atoms with Crippen LogP contribution < -0.4 is 15.0 Å². The minimum Gasteiger partial charge on any atom is -0.491 e. The zero-order valence-corrected chi connectivity index (χ0v) is 15.7. The first kappa shape index (κ1) is 18.9. The summed E-state index contributed by atoms with van der Waals surface area (Å²) < 4.78 is 7.34. The Balaban J connectivity index is 1.48. The quantitative estimate of drug-likeness (QED) is 0.713. The van der Waals surface area contributed by atoms with Crippen LogP contribution in [0, 0.1) is 5.92 Å². The number of carbonyl (C=O) groups excluding carboxylic acids is 2. The Kier molecular flexibility index (Phi) is 6.05. The van der Waals surface area contributed by atoms with Crippen molar-refractivity contribution < 1.29 is 14.3 Å². The molecule has 1 fully saturated rings. The number of aryl methyl sites for hydroxylation is 1. The standard InChI is InChI=1S/C19H25N5O3/c1-14(2)27-17-6-4-16(5-7-17)24-13-15(12-18(24)25)19(26)20-8-3-10-23-11-9-21-22-23/h4-7,9,11,14-15H,3,8,10,12-13H2,1-2H3,(H,20,26). The number of amides is 2. The first-order valence-electron chi connectivity index (χ1n) is 9.22. The molecule has 3 rings (SSSR count). The van der Waals surface area contributed by atoms with E-state index < -0.39 is 0 Å². The second-order valence-corrected chi connectivity index (χ2v) is 6.88. The fourth-order valence-corrected chi connectivity index (χ4v) is 3.06. The number of hydrogen-bond donors (Lipinski definition) is 1. The van der Waals surface area contributed by atoms with Crippen molar-refractivity contribution in [3.05, 3.63) is 36.7 Å². The van der Waals surface area contributed by atoms with Gasteiger partial charge in [0.05, 0.1) is 18.2 Å². The van der Waals surface area contributed by atoms with Gasteiger partial charge in [-0.3, -0.25) is 14.3 Å². The number of benzene rings is 1. The van der Waals surface area contributed by atoms with Crippen LogP contribution in [0.3, 0.4) is 0 Å². The van der Waals surface area contributed by atoms with Crippen molar-refractivity contribution in [2.24, 2.45) is 5.92 Å². The van der Waals surface area contributed by atoms with E-state index in [1.807, 2.05) is 38.1 Å². The highest BCUT2D eigenvalue weighted by Gasteiger charge is 2.34. The van der Waals surface area contributed by atoms with E-state index in [2.05, 4.69) is 15.6 Å². The van der Waals surface area contributed by atoms with Crippen molar-refractivity contribution in [3.8, 4) is 5.75 Å². The lowest BCUT2D eigenvalue weighted by atomic mass is 10.1. The Labute approximate surface area is 158 Å². The van der Waals surface area contributed by atoms with Gasteiger partial charge in [-0.05, 0) is 44.5 Å². The van der Waals surface area contributed by atoms with Gasteiger partial charge in [-0.1, -0.05) is 5.21 Å². The van der Waals surface area contributed by atoms with E-state index in [0.29, 0.717) is 19.6 Å². The van der Waals surface area contributed by atoms with E-state index in [4.69, 9.17) is 4.74 Å². The number of nitrogens with zero attached hydrogens (tertiary/aromatic N) is 4. The van der Waals surface area contributed by atoms with Crippen LogP contribution >= 0.6 is 0 Å². The van der Waals surface area contributed by atoms with Crippen molar-refractivity contribution in [1.82, 2.24) is 20.3 Å². The average molecular weight is 371 g/mol. The molecule has 8 nitrogen and oxygen atoms in total. The first-order chi connectivity index (χ1) is 13.0. The summed E-state index contributed by atoms with van der Waals surface area (Å²) in [6, 6.07) is 7.41. The van der Waals surface area contributed by atoms with E-state index in [-0.39, 0.29) is 30.3 Å². The molecule has 144 valence electrons. The van der Waals surface area contributed by atoms with Crippen LogP contribution in [0.1, 0.15) is 26.7 Å². The summed E-state index contributed by atoms with van der Waals surface area (Å²) >= 11 is 0. The summed E-state index contributed by atoms with van der Waals surface area (Å²) in [6.07, 6.45) is 4.50. The van der Waals surface area contributed by atoms with E-state index >= 15 is 0 Å². The molecule has 1 atom stereocenters. The fourth-order valence-electron chi connectivity index (χ4n) is 3.06. The highest BCUT2D eigenvalue weighted by Crippen LogP contribution is 2.27. The zero-order chi connectivity index (χ0) is 19.2. The van der Waals surface area contributed by atoms with E-state index in [9.17, 15) is 9.59 Å². The molecule has 2 heterocycles. The van der Waals surface area contributed by atoms with Gasteiger partial charge in [0.25, 0.3) is 0 Å². The van der Waals surface area contributed by atoms with Crippen molar-refractivity contribution >= 4 is 17.5 Å². The third kappa shape index (κ3) is 5.06. The molecule has 1 aromatic carbocycles. The summed E-state index contributed by atoms with van der Waals surface area (Å²) in [5.74, 6) is 0.331. The first-order valence-corrected chi connectivity index (χ1v) is 9.22. The third-order valence-electron chi connectivity index (χ3n) is 4.35. The van der Waals surface area contributed by atoms with Gasteiger partial charge in [-0.2, -0.15) is 0 Å². The Morgan fingerprint density at radius 3 is 2.78 bits per heavy atom. The van der Waals surface area contributed by atoms with Crippen LogP contribution in [0.25, 0.3) is 0 Å². The molecule has 1 aromatic heterocycles. The van der Waals surface area contributed by atoms with Crippen molar-refractivity contribution in [3.63, 3.8) is 0 Å². The van der Waals surface area contributed by atoms with Crippen LogP contribution in [0.2, 0.25) is 0 Å². The lowest BCUT2D eigenvalue weighted by Gasteiger charge is -2.18. The number of aromatic nitrogens is 3. The Bertz CT molecular complexity index is 758. The zero-order valence-electron chi connectivity index (χ0n) is 15.7. The predicted octanol–water partition coefficient (Wildman–Crippen LogP) is 1.62. The molecule has 1 unspecified atom stereocenters. The maximum absolute atomic E-state index is 12.4. The molecule has 1 aliphatic rings. The number of anilines is 1. The fraction of sp³-hybridized carbons (Fsp3) is 0.474. The lowest BCUT2D eigenvalue weighted by Crippen LogP contribution is -2.33. The van der Waals surface area contributed by atoms with Crippen molar-refractivity contribution in [2.75, 3.05) is 18.0 Å². The van der Waals surface area contributed by atoms with Crippen LogP contribution in [0.5, 0.6) is 5.75 Å². The molecule has 0 radical (unpaired) electrons. The van der Waals surface area contributed by atoms with E-state index in [0.717, 1.165) is 17.9 Å². The summed E-state index contributed by atoms with van der Waals surface area (Å²) in [4.78, 5) is 26.4. The summed E-state index contributed by atoms with van der Waals surface area (Å²) in [7, 11) is 0. The van der Waals surface area contributed by atoms with Crippen molar-refractivity contribution in [2.45, 2.75) is 39.3 Å².